The molecule has 1 fully saturated rings. The molecule has 0 saturated carbocycles. The molecule has 3 amide bonds. The highest BCUT2D eigenvalue weighted by atomic mass is 32.1. The van der Waals surface area contributed by atoms with E-state index in [1.807, 2.05) is 34.5 Å². The first-order valence-electron chi connectivity index (χ1n) is 14.1. The van der Waals surface area contributed by atoms with Gasteiger partial charge in [-0.1, -0.05) is 26.2 Å². The number of anilines is 2. The zero-order chi connectivity index (χ0) is 27.9. The molecule has 1 aromatic carbocycles. The molecule has 11 heteroatoms. The van der Waals surface area contributed by atoms with E-state index in [-0.39, 0.29) is 18.0 Å². The molecule has 0 spiro atoms. The molecular weight excluding hydrogens is 526 g/mol. The van der Waals surface area contributed by atoms with E-state index < -0.39 is 0 Å². The summed E-state index contributed by atoms with van der Waals surface area (Å²) in [5, 5.41) is 8.14. The molecule has 0 bridgehead atoms. The van der Waals surface area contributed by atoms with Crippen molar-refractivity contribution in [2.45, 2.75) is 58.5 Å². The first-order chi connectivity index (χ1) is 19.5. The first kappa shape index (κ1) is 28.0. The average molecular weight is 564 g/mol. The second-order valence-corrected chi connectivity index (χ2v) is 11.1. The van der Waals surface area contributed by atoms with Gasteiger partial charge in [-0.25, -0.2) is 19.7 Å². The molecule has 0 radical (unpaired) electrons. The van der Waals surface area contributed by atoms with E-state index in [1.165, 1.54) is 24.2 Å². The number of nitrogens with one attached hydrogen (secondary N) is 2. The van der Waals surface area contributed by atoms with Crippen LogP contribution in [-0.4, -0.2) is 70.7 Å². The van der Waals surface area contributed by atoms with Crippen LogP contribution in [0.15, 0.2) is 35.8 Å². The van der Waals surface area contributed by atoms with Crippen molar-refractivity contribution in [1.29, 1.82) is 0 Å². The number of amides is 3. The van der Waals surface area contributed by atoms with Gasteiger partial charge in [-0.3, -0.25) is 4.79 Å². The van der Waals surface area contributed by atoms with E-state index in [4.69, 9.17) is 14.7 Å². The van der Waals surface area contributed by atoms with Gasteiger partial charge < -0.3 is 25.2 Å². The van der Waals surface area contributed by atoms with Crippen LogP contribution in [0.2, 0.25) is 0 Å². The van der Waals surface area contributed by atoms with E-state index in [1.54, 1.807) is 6.20 Å². The molecule has 2 aromatic heterocycles. The lowest BCUT2D eigenvalue weighted by atomic mass is 10.0. The molecule has 212 valence electrons. The van der Waals surface area contributed by atoms with Crippen LogP contribution >= 0.6 is 11.3 Å². The summed E-state index contributed by atoms with van der Waals surface area (Å²) >= 11 is 1.36. The Bertz CT molecular complexity index is 1300. The Morgan fingerprint density at radius 2 is 1.98 bits per heavy atom. The summed E-state index contributed by atoms with van der Waals surface area (Å²) < 4.78 is 5.69. The summed E-state index contributed by atoms with van der Waals surface area (Å²) in [6.45, 7) is 7.97. The van der Waals surface area contributed by atoms with Crippen molar-refractivity contribution in [1.82, 2.24) is 25.2 Å². The SMILES string of the molecule is CCCCCCNC(=O)Nc1ccc(-c2nc3c(c(N4CCOCC4C)n2)CN(C(=O)c2nccs2)CC3)cc1. The second-order valence-electron chi connectivity index (χ2n) is 10.2. The average Bonchev–Trinajstić information content (AvgIpc) is 3.52. The Labute approximate surface area is 239 Å². The first-order valence-corrected chi connectivity index (χ1v) is 15.0. The number of fused-ring (bicyclic) bond motifs is 1. The Morgan fingerprint density at radius 3 is 2.73 bits per heavy atom. The van der Waals surface area contributed by atoms with Gasteiger partial charge in [0.2, 0.25) is 0 Å². The third-order valence-electron chi connectivity index (χ3n) is 7.30. The second kappa shape index (κ2) is 13.2. The number of carbonyl (C=O) groups is 2. The van der Waals surface area contributed by atoms with Gasteiger partial charge >= 0.3 is 6.03 Å². The van der Waals surface area contributed by atoms with Crippen molar-refractivity contribution in [3.05, 3.63) is 52.1 Å². The lowest BCUT2D eigenvalue weighted by molar-refractivity contribution is 0.0731. The van der Waals surface area contributed by atoms with Gasteiger partial charge in [0.25, 0.3) is 5.91 Å². The molecule has 0 aliphatic carbocycles. The van der Waals surface area contributed by atoms with Crippen LogP contribution < -0.4 is 15.5 Å². The number of morpholine rings is 1. The third kappa shape index (κ3) is 6.59. The molecule has 10 nitrogen and oxygen atoms in total. The van der Waals surface area contributed by atoms with Crippen molar-refractivity contribution in [2.24, 2.45) is 0 Å². The Balaban J connectivity index is 1.35. The van der Waals surface area contributed by atoms with Crippen molar-refractivity contribution >= 4 is 34.8 Å². The van der Waals surface area contributed by atoms with Crippen molar-refractivity contribution < 1.29 is 14.3 Å². The highest BCUT2D eigenvalue weighted by molar-refractivity contribution is 7.11. The largest absolute Gasteiger partial charge is 0.377 e. The number of urea groups is 1. The lowest BCUT2D eigenvalue weighted by Gasteiger charge is -2.38. The number of nitrogens with zero attached hydrogens (tertiary/aromatic N) is 5. The van der Waals surface area contributed by atoms with E-state index in [0.29, 0.717) is 55.8 Å². The van der Waals surface area contributed by atoms with Gasteiger partial charge in [0.15, 0.2) is 10.8 Å². The number of rotatable bonds is 9. The maximum Gasteiger partial charge on any atom is 0.319 e. The van der Waals surface area contributed by atoms with E-state index >= 15 is 0 Å². The highest BCUT2D eigenvalue weighted by Crippen LogP contribution is 2.32. The van der Waals surface area contributed by atoms with Crippen LogP contribution in [0.1, 0.15) is 60.6 Å². The zero-order valence-corrected chi connectivity index (χ0v) is 24.0. The fourth-order valence-electron chi connectivity index (χ4n) is 5.07. The van der Waals surface area contributed by atoms with Crippen LogP contribution in [0, 0.1) is 0 Å². The minimum absolute atomic E-state index is 0.0567. The van der Waals surface area contributed by atoms with Crippen LogP contribution in [0.5, 0.6) is 0 Å². The molecule has 1 atom stereocenters. The number of hydrogen-bond acceptors (Lipinski definition) is 8. The lowest BCUT2D eigenvalue weighted by Crippen LogP contribution is -2.46. The molecule has 2 N–H and O–H groups in total. The van der Waals surface area contributed by atoms with Gasteiger partial charge in [-0.15, -0.1) is 11.3 Å². The third-order valence-corrected chi connectivity index (χ3v) is 8.06. The van der Waals surface area contributed by atoms with Gasteiger partial charge in [-0.05, 0) is 37.6 Å². The van der Waals surface area contributed by atoms with Gasteiger partial charge in [0.05, 0.1) is 31.5 Å². The van der Waals surface area contributed by atoms with Crippen molar-refractivity contribution in [2.75, 3.05) is 43.1 Å². The summed E-state index contributed by atoms with van der Waals surface area (Å²) in [5.41, 5.74) is 3.54. The van der Waals surface area contributed by atoms with Gasteiger partial charge in [0, 0.05) is 54.4 Å². The fourth-order valence-corrected chi connectivity index (χ4v) is 5.68. The highest BCUT2D eigenvalue weighted by Gasteiger charge is 2.31. The topological polar surface area (TPSA) is 113 Å². The summed E-state index contributed by atoms with van der Waals surface area (Å²) in [4.78, 5) is 43.7. The summed E-state index contributed by atoms with van der Waals surface area (Å²) in [6, 6.07) is 7.58. The summed E-state index contributed by atoms with van der Waals surface area (Å²) in [5.74, 6) is 1.44. The zero-order valence-electron chi connectivity index (χ0n) is 23.2. The van der Waals surface area contributed by atoms with Crippen LogP contribution in [-0.2, 0) is 17.7 Å². The van der Waals surface area contributed by atoms with E-state index in [9.17, 15) is 9.59 Å². The van der Waals surface area contributed by atoms with Crippen LogP contribution in [0.25, 0.3) is 11.4 Å². The number of carbonyl (C=O) groups excluding carboxylic acids is 2. The number of unbranched alkanes of at least 4 members (excludes halogenated alkanes) is 3. The Kier molecular flexibility index (Phi) is 9.22. The van der Waals surface area contributed by atoms with E-state index in [0.717, 1.165) is 42.0 Å². The molecule has 40 heavy (non-hydrogen) atoms. The predicted octanol–water partition coefficient (Wildman–Crippen LogP) is 4.73. The molecule has 2 aliphatic rings. The number of aromatic nitrogens is 3. The smallest absolute Gasteiger partial charge is 0.319 e. The van der Waals surface area contributed by atoms with Crippen molar-refractivity contribution in [3.8, 4) is 11.4 Å². The van der Waals surface area contributed by atoms with E-state index in [2.05, 4.69) is 34.4 Å². The molecule has 4 heterocycles. The number of benzene rings is 1. The predicted molar refractivity (Wildman–Crippen MR) is 157 cm³/mol. The quantitative estimate of drug-likeness (QED) is 0.362. The minimum Gasteiger partial charge on any atom is -0.377 e. The molecular formula is C29H37N7O3S. The molecule has 5 rings (SSSR count). The van der Waals surface area contributed by atoms with Crippen molar-refractivity contribution in [3.63, 3.8) is 0 Å². The molecule has 1 unspecified atom stereocenters. The molecule has 1 saturated heterocycles. The van der Waals surface area contributed by atoms with Crippen LogP contribution in [0.3, 0.4) is 0 Å². The molecule has 2 aliphatic heterocycles. The Morgan fingerprint density at radius 1 is 1.12 bits per heavy atom. The Hall–Kier alpha value is -3.57. The summed E-state index contributed by atoms with van der Waals surface area (Å²) in [6.07, 6.45) is 6.77. The minimum atomic E-state index is -0.199. The number of ether oxygens (including phenoxy) is 1. The summed E-state index contributed by atoms with van der Waals surface area (Å²) in [7, 11) is 0. The van der Waals surface area contributed by atoms with Crippen LogP contribution in [0.4, 0.5) is 16.3 Å². The van der Waals surface area contributed by atoms with Gasteiger partial charge in [-0.2, -0.15) is 0 Å². The number of thiazole rings is 1. The maximum absolute atomic E-state index is 13.1. The monoisotopic (exact) mass is 563 g/mol. The maximum atomic E-state index is 13.1. The molecule has 3 aromatic rings. The van der Waals surface area contributed by atoms with Gasteiger partial charge in [0.1, 0.15) is 5.82 Å². The fraction of sp³-hybridized carbons (Fsp3) is 0.483. The normalized spacial score (nSPS) is 16.9. The standard InChI is InChI=1S/C29H37N7O3S/c1-3-4-5-6-12-31-29(38)32-22-9-7-21(8-10-22)25-33-24-11-14-35(28(37)27-30-13-17-40-27)18-23(24)26(34-25)36-15-16-39-19-20(36)2/h7-10,13,17,20H,3-6,11-12,14-16,18-19H2,1-2H3,(H2,31,32,38). The number of hydrogen-bond donors (Lipinski definition) is 2.